The fourth-order valence-corrected chi connectivity index (χ4v) is 5.04. The van der Waals surface area contributed by atoms with E-state index in [1.54, 1.807) is 18.2 Å². The Morgan fingerprint density at radius 2 is 2.14 bits per heavy atom. The number of ether oxygens (including phenoxy) is 1. The molecule has 1 aliphatic heterocycles. The van der Waals surface area contributed by atoms with Gasteiger partial charge in [0.05, 0.1) is 12.3 Å². The largest absolute Gasteiger partial charge is 0.364 e. The summed E-state index contributed by atoms with van der Waals surface area (Å²) in [5, 5.41) is 2.76. The van der Waals surface area contributed by atoms with Crippen LogP contribution in [-0.2, 0) is 9.53 Å². The van der Waals surface area contributed by atoms with Crippen LogP contribution in [0.2, 0.25) is 0 Å². The first-order chi connectivity index (χ1) is 9.93. The third-order valence-corrected chi connectivity index (χ3v) is 6.69. The van der Waals surface area contributed by atoms with E-state index in [-0.39, 0.29) is 22.4 Å². The molecule has 3 nitrogen and oxygen atoms in total. The van der Waals surface area contributed by atoms with Gasteiger partial charge in [0.15, 0.2) is 5.60 Å². The number of benzene rings is 1. The number of para-hydroxylation sites is 1. The molecule has 4 rings (SSSR count). The maximum Gasteiger partial charge on any atom is 0.257 e. The van der Waals surface area contributed by atoms with Crippen LogP contribution in [0, 0.1) is 22.6 Å². The van der Waals surface area contributed by atoms with E-state index in [4.69, 9.17) is 4.74 Å². The first kappa shape index (κ1) is 13.3. The molecule has 112 valence electrons. The summed E-state index contributed by atoms with van der Waals surface area (Å²) in [5.41, 5.74) is -0.604. The summed E-state index contributed by atoms with van der Waals surface area (Å²) in [6.07, 6.45) is 2.95. The molecule has 0 aromatic heterocycles. The van der Waals surface area contributed by atoms with Gasteiger partial charge in [0.1, 0.15) is 5.82 Å². The molecule has 2 aliphatic carbocycles. The number of rotatable bonds is 2. The second-order valence-corrected chi connectivity index (χ2v) is 7.24. The molecular weight excluding hydrogens is 269 g/mol. The van der Waals surface area contributed by atoms with Crippen molar-refractivity contribution in [1.82, 2.24) is 0 Å². The van der Waals surface area contributed by atoms with Gasteiger partial charge in [-0.15, -0.1) is 0 Å². The molecule has 1 aromatic rings. The minimum atomic E-state index is -0.785. The van der Waals surface area contributed by atoms with E-state index in [0.717, 1.165) is 12.8 Å². The standard InChI is InChI=1S/C17H20FNO2/c1-15-10-21-17(9-11(15)7-8-16(15,17)2)14(20)19-13-6-4-3-5-12(13)18/h3-6,11H,7-10H2,1-2H3,(H,19,20)/t11-,15-,16-,17-/m0/s1. The predicted octanol–water partition coefficient (Wildman–Crippen LogP) is 3.36. The predicted molar refractivity (Wildman–Crippen MR) is 77.3 cm³/mol. The average molecular weight is 289 g/mol. The second kappa shape index (κ2) is 3.86. The molecule has 0 unspecified atom stereocenters. The van der Waals surface area contributed by atoms with E-state index in [1.807, 2.05) is 0 Å². The normalized spacial score (nSPS) is 43.3. The lowest BCUT2D eigenvalue weighted by Crippen LogP contribution is -2.52. The number of hydrogen-bond acceptors (Lipinski definition) is 2. The van der Waals surface area contributed by atoms with Crippen molar-refractivity contribution in [2.45, 2.75) is 38.7 Å². The van der Waals surface area contributed by atoms with E-state index in [0.29, 0.717) is 12.5 Å². The summed E-state index contributed by atoms with van der Waals surface area (Å²) in [4.78, 5) is 12.9. The highest BCUT2D eigenvalue weighted by Crippen LogP contribution is 2.75. The third-order valence-electron chi connectivity index (χ3n) is 6.69. The number of anilines is 1. The van der Waals surface area contributed by atoms with Crippen molar-refractivity contribution in [3.05, 3.63) is 30.1 Å². The lowest BCUT2D eigenvalue weighted by atomic mass is 9.66. The highest BCUT2D eigenvalue weighted by Gasteiger charge is 2.78. The average Bonchev–Trinajstić information content (AvgIpc) is 2.93. The number of nitrogens with one attached hydrogen (secondary N) is 1. The zero-order chi connectivity index (χ0) is 14.9. The van der Waals surface area contributed by atoms with Crippen LogP contribution in [0.25, 0.3) is 0 Å². The Balaban J connectivity index is 1.68. The van der Waals surface area contributed by atoms with Gasteiger partial charge in [-0.05, 0) is 37.3 Å². The summed E-state index contributed by atoms with van der Waals surface area (Å²) in [6.45, 7) is 5.06. The van der Waals surface area contributed by atoms with Crippen molar-refractivity contribution in [2.24, 2.45) is 16.7 Å². The van der Waals surface area contributed by atoms with Gasteiger partial charge in [0, 0.05) is 10.8 Å². The van der Waals surface area contributed by atoms with E-state index in [9.17, 15) is 9.18 Å². The highest BCUT2D eigenvalue weighted by molar-refractivity contribution is 5.99. The first-order valence-electron chi connectivity index (χ1n) is 7.63. The van der Waals surface area contributed by atoms with Crippen LogP contribution in [-0.4, -0.2) is 18.1 Å². The Bertz CT molecular complexity index is 633. The van der Waals surface area contributed by atoms with Gasteiger partial charge < -0.3 is 10.1 Å². The van der Waals surface area contributed by atoms with Crippen LogP contribution in [0.5, 0.6) is 0 Å². The van der Waals surface area contributed by atoms with Gasteiger partial charge in [-0.25, -0.2) is 4.39 Å². The Hall–Kier alpha value is -1.42. The Labute approximate surface area is 123 Å². The lowest BCUT2D eigenvalue weighted by molar-refractivity contribution is -0.149. The third kappa shape index (κ3) is 1.35. The van der Waals surface area contributed by atoms with Crippen molar-refractivity contribution in [2.75, 3.05) is 11.9 Å². The number of carbonyl (C=O) groups excluding carboxylic acids is 1. The van der Waals surface area contributed by atoms with Crippen LogP contribution in [0.3, 0.4) is 0 Å². The summed E-state index contributed by atoms with van der Waals surface area (Å²) in [5.74, 6) is -0.0417. The summed E-state index contributed by atoms with van der Waals surface area (Å²) in [6, 6.07) is 6.28. The molecule has 2 saturated carbocycles. The Morgan fingerprint density at radius 3 is 2.81 bits per heavy atom. The molecule has 3 fully saturated rings. The highest BCUT2D eigenvalue weighted by atomic mass is 19.1. The lowest BCUT2D eigenvalue weighted by Gasteiger charge is -2.40. The van der Waals surface area contributed by atoms with Gasteiger partial charge in [0.25, 0.3) is 5.91 Å². The van der Waals surface area contributed by atoms with Crippen LogP contribution in [0.15, 0.2) is 24.3 Å². The topological polar surface area (TPSA) is 38.3 Å². The zero-order valence-corrected chi connectivity index (χ0v) is 12.4. The van der Waals surface area contributed by atoms with Crippen molar-refractivity contribution in [3.63, 3.8) is 0 Å². The molecule has 4 atom stereocenters. The number of hydrogen-bond donors (Lipinski definition) is 1. The molecule has 1 amide bonds. The maximum atomic E-state index is 13.8. The molecule has 1 saturated heterocycles. The van der Waals surface area contributed by atoms with Gasteiger partial charge in [-0.3, -0.25) is 4.79 Å². The Kier molecular flexibility index (Phi) is 2.44. The van der Waals surface area contributed by atoms with Crippen LogP contribution in [0.4, 0.5) is 10.1 Å². The first-order valence-corrected chi connectivity index (χ1v) is 7.63. The molecule has 1 heterocycles. The molecule has 4 heteroatoms. The van der Waals surface area contributed by atoms with Gasteiger partial charge >= 0.3 is 0 Å². The maximum absolute atomic E-state index is 13.8. The quantitative estimate of drug-likeness (QED) is 0.906. The fourth-order valence-electron chi connectivity index (χ4n) is 5.04. The second-order valence-electron chi connectivity index (χ2n) is 7.24. The summed E-state index contributed by atoms with van der Waals surface area (Å²) in [7, 11) is 0. The Morgan fingerprint density at radius 1 is 1.38 bits per heavy atom. The van der Waals surface area contributed by atoms with Crippen LogP contribution >= 0.6 is 0 Å². The van der Waals surface area contributed by atoms with Gasteiger partial charge in [-0.2, -0.15) is 0 Å². The summed E-state index contributed by atoms with van der Waals surface area (Å²) >= 11 is 0. The molecule has 1 aromatic carbocycles. The molecular formula is C17H20FNO2. The van der Waals surface area contributed by atoms with Crippen molar-refractivity contribution in [1.29, 1.82) is 0 Å². The van der Waals surface area contributed by atoms with Crippen molar-refractivity contribution < 1.29 is 13.9 Å². The molecule has 21 heavy (non-hydrogen) atoms. The van der Waals surface area contributed by atoms with Gasteiger partial charge in [-0.1, -0.05) is 26.0 Å². The van der Waals surface area contributed by atoms with Crippen molar-refractivity contribution >= 4 is 11.6 Å². The van der Waals surface area contributed by atoms with E-state index in [2.05, 4.69) is 19.2 Å². The number of halogens is 1. The minimum Gasteiger partial charge on any atom is -0.364 e. The molecule has 3 aliphatic rings. The monoisotopic (exact) mass is 289 g/mol. The fraction of sp³-hybridized carbons (Fsp3) is 0.588. The molecule has 4 bridgehead atoms. The molecule has 0 spiro atoms. The number of amides is 1. The molecule has 0 radical (unpaired) electrons. The summed E-state index contributed by atoms with van der Waals surface area (Å²) < 4.78 is 19.8. The van der Waals surface area contributed by atoms with E-state index < -0.39 is 11.4 Å². The smallest absolute Gasteiger partial charge is 0.257 e. The van der Waals surface area contributed by atoms with Crippen LogP contribution in [0.1, 0.15) is 33.1 Å². The van der Waals surface area contributed by atoms with Gasteiger partial charge in [0.2, 0.25) is 0 Å². The van der Waals surface area contributed by atoms with Crippen molar-refractivity contribution in [3.8, 4) is 0 Å². The zero-order valence-electron chi connectivity index (χ0n) is 12.4. The number of carbonyl (C=O) groups is 1. The van der Waals surface area contributed by atoms with E-state index in [1.165, 1.54) is 12.5 Å². The minimum absolute atomic E-state index is 0.0829. The van der Waals surface area contributed by atoms with Crippen LogP contribution < -0.4 is 5.32 Å². The van der Waals surface area contributed by atoms with E-state index >= 15 is 0 Å². The SMILES string of the molecule is C[C@@]12CC[C@H]3C[C@@]1(C(=O)Nc1ccccc1F)OC[C@@]32C. The molecule has 1 N–H and O–H groups in total.